The number of para-hydroxylation sites is 3. The minimum Gasteiger partial charge on any atom is -0.333 e. The third-order valence-corrected chi connectivity index (χ3v) is 25.6. The van der Waals surface area contributed by atoms with E-state index >= 15 is 0 Å². The SMILES string of the molecule is CC(=O)c1ccc(C(=O)Cc2cn(Cc3cccc(Cl)c3)cn2)cc1.CS(=O)(=O)c1ccc(C(=O)Cc2cn(Cc3cccc(Cl)c3)cn2)cc1.O=C(Cc1cn(Cc2cccc(Cl)c2)cn1)c1ccc2ccccc2n1.O=C(Cc1cn(Cc2cccc(Cl)c2)cn1)c1ccc[nH]c1=O.O=C(Cc1cn(Cc2cccc(Cl)c2)cn1)c1cnc2ccccc2n1.O=C(Cc1cn(Cc2cccc(Cl)c2)cn1)c1cncc(Br)c1. The molecule has 0 spiro atoms. The molecule has 0 aliphatic rings. The molecule has 10 aromatic heterocycles. The molecule has 748 valence electrons. The second kappa shape index (κ2) is 52.0. The fourth-order valence-electron chi connectivity index (χ4n) is 15.4. The van der Waals surface area contributed by atoms with Gasteiger partial charge in [-0.05, 0) is 184 Å². The van der Waals surface area contributed by atoms with Crippen LogP contribution in [0, 0.1) is 0 Å². The monoisotopic (exact) mass is 2180 g/mol. The Kier molecular flexibility index (Phi) is 37.5. The van der Waals surface area contributed by atoms with Gasteiger partial charge >= 0.3 is 0 Å². The summed E-state index contributed by atoms with van der Waals surface area (Å²) in [5.74, 6) is -0.549. The summed E-state index contributed by atoms with van der Waals surface area (Å²) in [4.78, 5) is 143. The highest BCUT2D eigenvalue weighted by Crippen LogP contribution is 2.25. The predicted molar refractivity (Wildman–Crippen MR) is 581 cm³/mol. The Morgan fingerprint density at radius 2 is 0.644 bits per heavy atom. The standard InChI is InChI=1S/C21H16ClN3O.C20H15ClN4O.C20H17ClN2O2.C19H17ClN2O3S.C17H13BrClN3O.C17H14ClN3O2/c22-17-6-3-4-15(10-17)12-25-13-18(23-14-25)11-21(26)20-9-8-16-5-1-2-7-19(16)24-20;21-15-5-3-4-14(8-15)11-25-12-16(23-13-25)9-20(26)19-10-22-17-6-1-2-7-18(17)24-19;1-14(24)16-5-7-17(8-6-16)20(25)10-19-12-23(13-22-19)11-15-3-2-4-18(21)9-15;1-26(24,25)18-7-5-15(6-8-18)19(23)10-17-12-22(13-21-17)11-14-3-2-4-16(20)9-14;18-14-5-13(7-20-8-14)17(23)6-16-10-22(11-21-16)9-12-2-1-3-15(19)4-12;18-13-4-1-3-12(7-13)9-21-10-14(20-11-21)8-16(22)15-5-2-6-19-17(15)23/h1-10,13-14H,11-12H2;1-8,10,12-13H,9,11H2;2-9,12-13H,10-11H2,1H3;2-9,12-13H,10-11H2,1H3;1-5,7-8,10-11H,6,9H2;1-7,10-11H,8-9H2,(H,19,23). The first-order chi connectivity index (χ1) is 71.9. The molecule has 0 amide bonds. The van der Waals surface area contributed by atoms with Crippen molar-refractivity contribution in [1.82, 2.24) is 82.2 Å². The van der Waals surface area contributed by atoms with Crippen LogP contribution in [0.3, 0.4) is 0 Å². The van der Waals surface area contributed by atoms with Gasteiger partial charge in [0.05, 0.1) is 144 Å². The summed E-state index contributed by atoms with van der Waals surface area (Å²) in [6.45, 7) is 5.37. The van der Waals surface area contributed by atoms with Crippen LogP contribution in [0.5, 0.6) is 0 Å². The van der Waals surface area contributed by atoms with Gasteiger partial charge in [0.15, 0.2) is 50.3 Å². The molecular formula is C114H92BrCl6N17O10S. The molecular weight excluding hydrogens is 2090 g/mol. The van der Waals surface area contributed by atoms with Crippen LogP contribution in [-0.2, 0) is 87.6 Å². The van der Waals surface area contributed by atoms with Crippen LogP contribution >= 0.6 is 85.5 Å². The summed E-state index contributed by atoms with van der Waals surface area (Å²) >= 11 is 39.3. The molecule has 1 N–H and O–H groups in total. The molecule has 20 rings (SSSR count). The third-order valence-electron chi connectivity index (χ3n) is 22.7. The molecule has 0 aliphatic heterocycles. The number of pyridine rings is 3. The average Bonchev–Trinajstić information content (AvgIpc) is 1.71. The van der Waals surface area contributed by atoms with Crippen LogP contribution in [0.15, 0.2) is 387 Å². The number of H-pyrrole nitrogens is 1. The minimum atomic E-state index is -3.27. The van der Waals surface area contributed by atoms with Gasteiger partial charge in [-0.2, -0.15) is 0 Å². The maximum absolute atomic E-state index is 12.5. The molecule has 0 saturated heterocycles. The number of fused-ring (bicyclic) bond motifs is 2. The Hall–Kier alpha value is -15.8. The van der Waals surface area contributed by atoms with Gasteiger partial charge in [0.1, 0.15) is 11.4 Å². The maximum atomic E-state index is 12.5. The zero-order valence-corrected chi connectivity index (χ0v) is 86.9. The van der Waals surface area contributed by atoms with Gasteiger partial charge in [0.25, 0.3) is 5.56 Å². The van der Waals surface area contributed by atoms with Crippen LogP contribution in [0.2, 0.25) is 30.1 Å². The highest BCUT2D eigenvalue weighted by molar-refractivity contribution is 9.10. The van der Waals surface area contributed by atoms with E-state index in [1.807, 2.05) is 259 Å². The minimum absolute atomic E-state index is 0.00759. The van der Waals surface area contributed by atoms with Gasteiger partial charge in [0, 0.05) is 164 Å². The van der Waals surface area contributed by atoms with E-state index in [9.17, 15) is 46.8 Å². The fourth-order valence-corrected chi connectivity index (χ4v) is 17.7. The van der Waals surface area contributed by atoms with Crippen molar-refractivity contribution in [3.63, 3.8) is 0 Å². The van der Waals surface area contributed by atoms with Crippen molar-refractivity contribution in [2.24, 2.45) is 0 Å². The van der Waals surface area contributed by atoms with Gasteiger partial charge in [-0.3, -0.25) is 48.3 Å². The molecule has 0 fully saturated rings. The molecule has 0 radical (unpaired) electrons. The van der Waals surface area contributed by atoms with Gasteiger partial charge < -0.3 is 32.4 Å². The number of hydrogen-bond acceptors (Lipinski definition) is 20. The molecule has 35 heteroatoms. The summed E-state index contributed by atoms with van der Waals surface area (Å²) < 4.78 is 35.2. The number of carbonyl (C=O) groups excluding carboxylic acids is 7. The van der Waals surface area contributed by atoms with Crippen molar-refractivity contribution in [3.05, 3.63) is 525 Å². The fraction of sp³-hybridized carbons (Fsp3) is 0.123. The van der Waals surface area contributed by atoms with Crippen LogP contribution in [0.1, 0.15) is 147 Å². The number of ketones is 7. The van der Waals surface area contributed by atoms with Crippen molar-refractivity contribution >= 4 is 158 Å². The number of carbonyl (C=O) groups is 7. The first kappa shape index (κ1) is 107. The number of rotatable bonds is 32. The smallest absolute Gasteiger partial charge is 0.258 e. The number of nitrogens with one attached hydrogen (secondary N) is 1. The van der Waals surface area contributed by atoms with Gasteiger partial charge in [-0.15, -0.1) is 0 Å². The summed E-state index contributed by atoms with van der Waals surface area (Å²) in [6.07, 6.45) is 29.9. The van der Waals surface area contributed by atoms with Crippen LogP contribution in [0.4, 0.5) is 0 Å². The van der Waals surface area contributed by atoms with Crippen LogP contribution in [-0.4, -0.2) is 137 Å². The Labute approximate surface area is 895 Å². The number of halogens is 7. The molecule has 0 atom stereocenters. The van der Waals surface area contributed by atoms with Crippen molar-refractivity contribution in [1.29, 1.82) is 0 Å². The van der Waals surface area contributed by atoms with Crippen LogP contribution < -0.4 is 5.56 Å². The van der Waals surface area contributed by atoms with Crippen molar-refractivity contribution < 1.29 is 42.0 Å². The van der Waals surface area contributed by atoms with Crippen molar-refractivity contribution in [3.8, 4) is 0 Å². The lowest BCUT2D eigenvalue weighted by Gasteiger charge is -2.03. The number of Topliss-reactive ketones (excluding diaryl/α,β-unsaturated/α-hetero) is 7. The first-order valence-corrected chi connectivity index (χ1v) is 51.3. The topological polar surface area (TPSA) is 345 Å². The maximum Gasteiger partial charge on any atom is 0.258 e. The number of nitrogens with zero attached hydrogens (tertiary/aromatic N) is 16. The highest BCUT2D eigenvalue weighted by Gasteiger charge is 2.20. The normalized spacial score (nSPS) is 10.9. The van der Waals surface area contributed by atoms with E-state index in [2.05, 4.69) is 70.8 Å². The Morgan fingerprint density at radius 1 is 0.315 bits per heavy atom. The summed E-state index contributed by atoms with van der Waals surface area (Å²) in [6, 6.07) is 82.3. The van der Waals surface area contributed by atoms with Gasteiger partial charge in [-0.1, -0.05) is 215 Å². The second-order valence-electron chi connectivity index (χ2n) is 34.5. The van der Waals surface area contributed by atoms with E-state index in [1.54, 1.807) is 99.0 Å². The van der Waals surface area contributed by atoms with E-state index in [0.717, 1.165) is 71.9 Å². The molecule has 0 saturated carbocycles. The summed E-state index contributed by atoms with van der Waals surface area (Å²) in [7, 11) is -3.27. The Morgan fingerprint density at radius 3 is 1.01 bits per heavy atom. The van der Waals surface area contributed by atoms with Crippen LogP contribution in [0.25, 0.3) is 21.9 Å². The van der Waals surface area contributed by atoms with E-state index < -0.39 is 9.84 Å². The first-order valence-electron chi connectivity index (χ1n) is 46.4. The zero-order chi connectivity index (χ0) is 105. The highest BCUT2D eigenvalue weighted by atomic mass is 79.9. The number of aromatic amines is 1. The molecule has 0 aliphatic carbocycles. The predicted octanol–water partition coefficient (Wildman–Crippen LogP) is 23.0. The lowest BCUT2D eigenvalue weighted by atomic mass is 10.0. The summed E-state index contributed by atoms with van der Waals surface area (Å²) in [5.41, 5.74) is 15.7. The molecule has 0 bridgehead atoms. The molecule has 10 heterocycles. The number of sulfone groups is 1. The van der Waals surface area contributed by atoms with Gasteiger partial charge in [0.2, 0.25) is 0 Å². The number of hydrogen-bond donors (Lipinski definition) is 1. The Bertz CT molecular complexity index is 8200. The van der Waals surface area contributed by atoms with Crippen molar-refractivity contribution in [2.75, 3.05) is 6.26 Å². The third kappa shape index (κ3) is 32.8. The number of imidazole rings is 6. The van der Waals surface area contributed by atoms with E-state index in [1.165, 1.54) is 49.6 Å². The lowest BCUT2D eigenvalue weighted by molar-refractivity contribution is 0.0979. The zero-order valence-electron chi connectivity index (χ0n) is 80.0. The Balaban J connectivity index is 0.000000134. The van der Waals surface area contributed by atoms with Crippen molar-refractivity contribution in [2.45, 2.75) is 89.6 Å². The molecule has 20 aromatic rings. The molecule has 0 unspecified atom stereocenters. The molecule has 149 heavy (non-hydrogen) atoms. The van der Waals surface area contributed by atoms with E-state index in [-0.39, 0.29) is 95.0 Å². The van der Waals surface area contributed by atoms with E-state index in [4.69, 9.17) is 69.6 Å². The molecule has 27 nitrogen and oxygen atoms in total. The second-order valence-corrected chi connectivity index (χ2v) is 40.0. The van der Waals surface area contributed by atoms with E-state index in [0.29, 0.717) is 131 Å². The number of aromatic nitrogens is 17. The quantitative estimate of drug-likeness (QED) is 0.0383. The lowest BCUT2D eigenvalue weighted by Crippen LogP contribution is -2.18. The summed E-state index contributed by atoms with van der Waals surface area (Å²) in [5, 5.41) is 5.20. The largest absolute Gasteiger partial charge is 0.333 e. The number of benzene rings is 10. The average molecular weight is 2180 g/mol. The van der Waals surface area contributed by atoms with Gasteiger partial charge in [-0.25, -0.2) is 48.3 Å². The molecule has 10 aromatic carbocycles.